The molecule has 2 aromatic heterocycles. The van der Waals surface area contributed by atoms with Gasteiger partial charge in [-0.3, -0.25) is 4.98 Å². The van der Waals surface area contributed by atoms with E-state index in [4.69, 9.17) is 0 Å². The van der Waals surface area contributed by atoms with E-state index in [9.17, 15) is 0 Å². The Morgan fingerprint density at radius 2 is 2.13 bits per heavy atom. The molecular formula is C11H12N4. The molecule has 4 nitrogen and oxygen atoms in total. The molecule has 0 unspecified atom stereocenters. The second kappa shape index (κ2) is 3.47. The molecule has 3 heterocycles. The van der Waals surface area contributed by atoms with Crippen LogP contribution in [0.1, 0.15) is 11.7 Å². The summed E-state index contributed by atoms with van der Waals surface area (Å²) in [5.74, 6) is 1.61. The second-order valence-electron chi connectivity index (χ2n) is 3.75. The van der Waals surface area contributed by atoms with Gasteiger partial charge in [0.2, 0.25) is 0 Å². The summed E-state index contributed by atoms with van der Waals surface area (Å²) in [6.07, 6.45) is 3.65. The quantitative estimate of drug-likeness (QED) is 0.764. The largest absolute Gasteiger partial charge is 0.340 e. The van der Waals surface area contributed by atoms with Crippen LogP contribution in [0, 0.1) is 0 Å². The molecule has 1 saturated heterocycles. The van der Waals surface area contributed by atoms with Crippen LogP contribution < -0.4 is 5.32 Å². The van der Waals surface area contributed by atoms with E-state index in [0.717, 1.165) is 30.3 Å². The number of aromatic amines is 1. The first-order valence-corrected chi connectivity index (χ1v) is 5.10. The summed E-state index contributed by atoms with van der Waals surface area (Å²) in [5, 5.41) is 3.23. The Morgan fingerprint density at radius 3 is 2.80 bits per heavy atom. The highest BCUT2D eigenvalue weighted by Gasteiger charge is 2.21. The van der Waals surface area contributed by atoms with Gasteiger partial charge in [-0.05, 0) is 12.1 Å². The normalized spacial score (nSPS) is 16.3. The van der Waals surface area contributed by atoms with Gasteiger partial charge in [-0.1, -0.05) is 6.07 Å². The van der Waals surface area contributed by atoms with Crippen LogP contribution in [0.15, 0.2) is 30.6 Å². The first kappa shape index (κ1) is 8.61. The van der Waals surface area contributed by atoms with Crippen molar-refractivity contribution in [2.24, 2.45) is 0 Å². The molecule has 1 aliphatic heterocycles. The molecule has 2 aromatic rings. The molecule has 0 aromatic carbocycles. The Morgan fingerprint density at radius 1 is 1.20 bits per heavy atom. The minimum Gasteiger partial charge on any atom is -0.340 e. The number of aromatic nitrogens is 3. The van der Waals surface area contributed by atoms with E-state index in [1.807, 2.05) is 24.4 Å². The summed E-state index contributed by atoms with van der Waals surface area (Å²) in [6.45, 7) is 2.05. The van der Waals surface area contributed by atoms with Gasteiger partial charge in [-0.2, -0.15) is 0 Å². The lowest BCUT2D eigenvalue weighted by Gasteiger charge is -2.24. The van der Waals surface area contributed by atoms with Crippen LogP contribution in [0.3, 0.4) is 0 Å². The van der Waals surface area contributed by atoms with Crippen molar-refractivity contribution < 1.29 is 0 Å². The van der Waals surface area contributed by atoms with Crippen molar-refractivity contribution in [3.63, 3.8) is 0 Å². The zero-order valence-corrected chi connectivity index (χ0v) is 8.27. The molecule has 76 valence electrons. The fraction of sp³-hybridized carbons (Fsp3) is 0.273. The molecule has 0 bridgehead atoms. The molecule has 1 aliphatic rings. The van der Waals surface area contributed by atoms with Crippen molar-refractivity contribution >= 4 is 0 Å². The number of rotatable bonds is 2. The number of nitrogens with zero attached hydrogens (tertiary/aromatic N) is 2. The fourth-order valence-electron chi connectivity index (χ4n) is 1.68. The van der Waals surface area contributed by atoms with Crippen LogP contribution in [-0.2, 0) is 0 Å². The van der Waals surface area contributed by atoms with Gasteiger partial charge in [0.1, 0.15) is 5.82 Å². The van der Waals surface area contributed by atoms with Gasteiger partial charge in [0.25, 0.3) is 0 Å². The zero-order chi connectivity index (χ0) is 10.1. The lowest BCUT2D eigenvalue weighted by molar-refractivity contribution is 0.433. The first-order chi connectivity index (χ1) is 7.43. The molecule has 0 atom stereocenters. The minimum absolute atomic E-state index is 0.544. The van der Waals surface area contributed by atoms with Crippen LogP contribution in [0.5, 0.6) is 0 Å². The van der Waals surface area contributed by atoms with Gasteiger partial charge in [0, 0.05) is 25.2 Å². The fourth-order valence-corrected chi connectivity index (χ4v) is 1.68. The molecule has 0 aliphatic carbocycles. The lowest BCUT2D eigenvalue weighted by atomic mass is 10.0. The second-order valence-corrected chi connectivity index (χ2v) is 3.75. The summed E-state index contributed by atoms with van der Waals surface area (Å²) in [5.41, 5.74) is 1.95. The molecule has 4 heteroatoms. The van der Waals surface area contributed by atoms with Gasteiger partial charge < -0.3 is 10.3 Å². The number of nitrogens with one attached hydrogen (secondary N) is 2. The SMILES string of the molecule is c1ccc(-c2cnc(C3CNC3)[nH]2)nc1. The summed E-state index contributed by atoms with van der Waals surface area (Å²) in [4.78, 5) is 12.0. The highest BCUT2D eigenvalue weighted by Crippen LogP contribution is 2.20. The van der Waals surface area contributed by atoms with Crippen molar-refractivity contribution in [2.75, 3.05) is 13.1 Å². The Bertz CT molecular complexity index is 445. The standard InChI is InChI=1S/C11H12N4/c1-2-4-13-9(3-1)10-7-14-11(15-10)8-5-12-6-8/h1-4,7-8,12H,5-6H2,(H,14,15). The van der Waals surface area contributed by atoms with E-state index >= 15 is 0 Å². The van der Waals surface area contributed by atoms with Gasteiger partial charge in [0.05, 0.1) is 17.6 Å². The van der Waals surface area contributed by atoms with E-state index in [-0.39, 0.29) is 0 Å². The summed E-state index contributed by atoms with van der Waals surface area (Å²) in [6, 6.07) is 5.88. The summed E-state index contributed by atoms with van der Waals surface area (Å²) in [7, 11) is 0. The lowest BCUT2D eigenvalue weighted by Crippen LogP contribution is -2.40. The highest BCUT2D eigenvalue weighted by molar-refractivity contribution is 5.52. The first-order valence-electron chi connectivity index (χ1n) is 5.10. The Hall–Kier alpha value is -1.68. The molecule has 0 amide bonds. The van der Waals surface area contributed by atoms with Crippen LogP contribution in [-0.4, -0.2) is 28.0 Å². The van der Waals surface area contributed by atoms with Crippen molar-refractivity contribution in [3.8, 4) is 11.4 Å². The van der Waals surface area contributed by atoms with Crippen molar-refractivity contribution in [1.29, 1.82) is 0 Å². The van der Waals surface area contributed by atoms with Gasteiger partial charge in [-0.15, -0.1) is 0 Å². The third-order valence-electron chi connectivity index (χ3n) is 2.70. The van der Waals surface area contributed by atoms with E-state index in [1.165, 1.54) is 0 Å². The Labute approximate surface area is 87.8 Å². The van der Waals surface area contributed by atoms with E-state index in [1.54, 1.807) is 6.20 Å². The predicted molar refractivity (Wildman–Crippen MR) is 57.4 cm³/mol. The van der Waals surface area contributed by atoms with Crippen molar-refractivity contribution in [3.05, 3.63) is 36.4 Å². The summed E-state index contributed by atoms with van der Waals surface area (Å²) < 4.78 is 0. The van der Waals surface area contributed by atoms with Crippen LogP contribution >= 0.6 is 0 Å². The third-order valence-corrected chi connectivity index (χ3v) is 2.70. The van der Waals surface area contributed by atoms with Gasteiger partial charge in [0.15, 0.2) is 0 Å². The maximum absolute atomic E-state index is 4.38. The third kappa shape index (κ3) is 1.53. The van der Waals surface area contributed by atoms with E-state index < -0.39 is 0 Å². The van der Waals surface area contributed by atoms with Crippen LogP contribution in [0.2, 0.25) is 0 Å². The Kier molecular flexibility index (Phi) is 1.99. The topological polar surface area (TPSA) is 53.6 Å². The highest BCUT2D eigenvalue weighted by atomic mass is 15.0. The monoisotopic (exact) mass is 200 g/mol. The van der Waals surface area contributed by atoms with Crippen LogP contribution in [0.4, 0.5) is 0 Å². The van der Waals surface area contributed by atoms with E-state index in [2.05, 4.69) is 20.3 Å². The van der Waals surface area contributed by atoms with Gasteiger partial charge in [-0.25, -0.2) is 4.98 Å². The average Bonchev–Trinajstić information content (AvgIpc) is 2.66. The molecule has 3 rings (SSSR count). The Balaban J connectivity index is 1.90. The number of hydrogen-bond acceptors (Lipinski definition) is 3. The molecule has 2 N–H and O–H groups in total. The molecule has 0 radical (unpaired) electrons. The molecule has 0 spiro atoms. The zero-order valence-electron chi connectivity index (χ0n) is 8.27. The van der Waals surface area contributed by atoms with Crippen LogP contribution in [0.25, 0.3) is 11.4 Å². The minimum atomic E-state index is 0.544. The van der Waals surface area contributed by atoms with E-state index in [0.29, 0.717) is 5.92 Å². The number of H-pyrrole nitrogens is 1. The number of hydrogen-bond donors (Lipinski definition) is 2. The number of pyridine rings is 1. The molecule has 0 saturated carbocycles. The van der Waals surface area contributed by atoms with Gasteiger partial charge >= 0.3 is 0 Å². The van der Waals surface area contributed by atoms with Crippen molar-refractivity contribution in [2.45, 2.75) is 5.92 Å². The predicted octanol–water partition coefficient (Wildman–Crippen LogP) is 1.16. The maximum atomic E-state index is 4.38. The maximum Gasteiger partial charge on any atom is 0.112 e. The summed E-state index contributed by atoms with van der Waals surface area (Å²) >= 11 is 0. The molecular weight excluding hydrogens is 188 g/mol. The molecule has 1 fully saturated rings. The smallest absolute Gasteiger partial charge is 0.112 e. The average molecular weight is 200 g/mol. The number of imidazole rings is 1. The molecule has 15 heavy (non-hydrogen) atoms. The van der Waals surface area contributed by atoms with Crippen molar-refractivity contribution in [1.82, 2.24) is 20.3 Å².